The van der Waals surface area contributed by atoms with E-state index in [1.54, 1.807) is 18.2 Å². The van der Waals surface area contributed by atoms with Crippen molar-refractivity contribution in [1.82, 2.24) is 4.72 Å². The lowest BCUT2D eigenvalue weighted by molar-refractivity contribution is 0.547. The molecular weight excluding hydrogens is 384 g/mol. The molecule has 1 aliphatic carbocycles. The fourth-order valence-electron chi connectivity index (χ4n) is 1.67. The van der Waals surface area contributed by atoms with Gasteiger partial charge in [0.1, 0.15) is 0 Å². The first-order valence-electron chi connectivity index (χ1n) is 5.60. The van der Waals surface area contributed by atoms with Crippen molar-refractivity contribution in [2.24, 2.45) is 11.7 Å². The van der Waals surface area contributed by atoms with Crippen LogP contribution in [0.1, 0.15) is 12.8 Å². The van der Waals surface area contributed by atoms with Gasteiger partial charge in [0.15, 0.2) is 0 Å². The van der Waals surface area contributed by atoms with Gasteiger partial charge in [0.05, 0.1) is 4.90 Å². The molecule has 3 N–H and O–H groups in total. The minimum absolute atomic E-state index is 0.0889. The summed E-state index contributed by atoms with van der Waals surface area (Å²) < 4.78 is 28.1. The Balaban J connectivity index is 2.09. The standard InChI is InChI=1S/C11H14Br2N2O2S/c12-8-3-4-11(9(13)5-8)18(16,17)15-6-10(14)7-1-2-7/h3-5,7,10,15H,1-2,6,14H2. The highest BCUT2D eigenvalue weighted by Gasteiger charge is 2.29. The Morgan fingerprint density at radius 3 is 2.61 bits per heavy atom. The van der Waals surface area contributed by atoms with E-state index in [0.717, 1.165) is 17.3 Å². The van der Waals surface area contributed by atoms with Gasteiger partial charge in [0.2, 0.25) is 10.0 Å². The second-order valence-electron chi connectivity index (χ2n) is 4.43. The van der Waals surface area contributed by atoms with Gasteiger partial charge in [-0.05, 0) is 52.9 Å². The smallest absolute Gasteiger partial charge is 0.241 e. The molecule has 2 rings (SSSR count). The van der Waals surface area contributed by atoms with Crippen molar-refractivity contribution < 1.29 is 8.42 Å². The zero-order valence-corrected chi connectivity index (χ0v) is 13.6. The van der Waals surface area contributed by atoms with E-state index in [9.17, 15) is 8.42 Å². The summed E-state index contributed by atoms with van der Waals surface area (Å²) >= 11 is 6.54. The zero-order valence-electron chi connectivity index (χ0n) is 9.57. The first kappa shape index (κ1) is 14.5. The van der Waals surface area contributed by atoms with Crippen LogP contribution in [0.2, 0.25) is 0 Å². The van der Waals surface area contributed by atoms with Crippen LogP contribution in [0.15, 0.2) is 32.0 Å². The molecule has 1 fully saturated rings. The first-order valence-corrected chi connectivity index (χ1v) is 8.67. The van der Waals surface area contributed by atoms with Crippen molar-refractivity contribution in [3.63, 3.8) is 0 Å². The summed E-state index contributed by atoms with van der Waals surface area (Å²) in [6.45, 7) is 0.287. The average molecular weight is 398 g/mol. The maximum atomic E-state index is 12.1. The maximum Gasteiger partial charge on any atom is 0.241 e. The fraction of sp³-hybridized carbons (Fsp3) is 0.455. The lowest BCUT2D eigenvalue weighted by Gasteiger charge is -2.13. The van der Waals surface area contributed by atoms with Crippen LogP contribution in [0, 0.1) is 5.92 Å². The zero-order chi connectivity index (χ0) is 13.3. The summed E-state index contributed by atoms with van der Waals surface area (Å²) in [7, 11) is -3.51. The molecule has 0 heterocycles. The molecule has 7 heteroatoms. The highest BCUT2D eigenvalue weighted by molar-refractivity contribution is 9.11. The predicted octanol–water partition coefficient (Wildman–Crippen LogP) is 2.23. The Labute approximate surface area is 124 Å². The SMILES string of the molecule is NC(CNS(=O)(=O)c1ccc(Br)cc1Br)C1CC1. The van der Waals surface area contributed by atoms with Gasteiger partial charge in [-0.1, -0.05) is 15.9 Å². The van der Waals surface area contributed by atoms with E-state index in [-0.39, 0.29) is 17.5 Å². The third-order valence-electron chi connectivity index (χ3n) is 2.92. The molecule has 18 heavy (non-hydrogen) atoms. The van der Waals surface area contributed by atoms with Crippen LogP contribution in [0.5, 0.6) is 0 Å². The summed E-state index contributed by atoms with van der Waals surface area (Å²) in [6.07, 6.45) is 2.20. The van der Waals surface area contributed by atoms with Crippen molar-refractivity contribution in [3.8, 4) is 0 Å². The number of hydrogen-bond acceptors (Lipinski definition) is 3. The molecule has 100 valence electrons. The molecule has 1 aromatic carbocycles. The minimum Gasteiger partial charge on any atom is -0.326 e. The molecular formula is C11H14Br2N2O2S. The largest absolute Gasteiger partial charge is 0.326 e. The third-order valence-corrected chi connectivity index (χ3v) is 5.81. The molecule has 0 aliphatic heterocycles. The van der Waals surface area contributed by atoms with Crippen molar-refractivity contribution >= 4 is 41.9 Å². The van der Waals surface area contributed by atoms with Crippen molar-refractivity contribution in [2.45, 2.75) is 23.8 Å². The fourth-order valence-corrected chi connectivity index (χ4v) is 4.48. The van der Waals surface area contributed by atoms with Gasteiger partial charge in [-0.15, -0.1) is 0 Å². The molecule has 0 radical (unpaired) electrons. The van der Waals surface area contributed by atoms with E-state index < -0.39 is 10.0 Å². The lowest BCUT2D eigenvalue weighted by atomic mass is 10.2. The minimum atomic E-state index is -3.51. The summed E-state index contributed by atoms with van der Waals surface area (Å²) in [5, 5.41) is 0. The second-order valence-corrected chi connectivity index (χ2v) is 7.93. The van der Waals surface area contributed by atoms with Gasteiger partial charge < -0.3 is 5.73 Å². The molecule has 1 saturated carbocycles. The molecule has 1 unspecified atom stereocenters. The monoisotopic (exact) mass is 396 g/mol. The van der Waals surface area contributed by atoms with Gasteiger partial charge in [0, 0.05) is 21.5 Å². The van der Waals surface area contributed by atoms with E-state index in [0.29, 0.717) is 10.4 Å². The van der Waals surface area contributed by atoms with Crippen LogP contribution < -0.4 is 10.5 Å². The molecule has 1 atom stereocenters. The highest BCUT2D eigenvalue weighted by atomic mass is 79.9. The Hall–Kier alpha value is 0.0500. The molecule has 4 nitrogen and oxygen atoms in total. The predicted molar refractivity (Wildman–Crippen MR) is 77.7 cm³/mol. The number of sulfonamides is 1. The Morgan fingerprint density at radius 2 is 2.06 bits per heavy atom. The quantitative estimate of drug-likeness (QED) is 0.800. The Morgan fingerprint density at radius 1 is 1.39 bits per heavy atom. The first-order chi connectivity index (χ1) is 8.40. The van der Waals surface area contributed by atoms with Crippen LogP contribution in [0.25, 0.3) is 0 Å². The van der Waals surface area contributed by atoms with Crippen molar-refractivity contribution in [2.75, 3.05) is 6.54 Å². The summed E-state index contributed by atoms with van der Waals surface area (Å²) in [5.41, 5.74) is 5.88. The molecule has 0 aromatic heterocycles. The number of hydrogen-bond donors (Lipinski definition) is 2. The van der Waals surface area contributed by atoms with E-state index in [2.05, 4.69) is 36.6 Å². The van der Waals surface area contributed by atoms with Crippen molar-refractivity contribution in [1.29, 1.82) is 0 Å². The molecule has 1 aromatic rings. The number of nitrogens with one attached hydrogen (secondary N) is 1. The number of halogens is 2. The maximum absolute atomic E-state index is 12.1. The normalized spacial score (nSPS) is 17.7. The molecule has 1 aliphatic rings. The summed E-state index contributed by atoms with van der Waals surface area (Å²) in [6, 6.07) is 4.86. The number of rotatable bonds is 5. The number of nitrogens with two attached hydrogens (primary N) is 1. The van der Waals surface area contributed by atoms with Crippen LogP contribution in [0.4, 0.5) is 0 Å². The Kier molecular flexibility index (Phi) is 4.48. The van der Waals surface area contributed by atoms with Crippen LogP contribution in [-0.4, -0.2) is 21.0 Å². The van der Waals surface area contributed by atoms with Gasteiger partial charge in [0.25, 0.3) is 0 Å². The van der Waals surface area contributed by atoms with Crippen molar-refractivity contribution in [3.05, 3.63) is 27.1 Å². The topological polar surface area (TPSA) is 72.2 Å². The van der Waals surface area contributed by atoms with E-state index in [1.807, 2.05) is 0 Å². The van der Waals surface area contributed by atoms with E-state index in [1.165, 1.54) is 0 Å². The summed E-state index contributed by atoms with van der Waals surface area (Å²) in [5.74, 6) is 0.473. The molecule has 0 bridgehead atoms. The van der Waals surface area contributed by atoms with Crippen LogP contribution in [-0.2, 0) is 10.0 Å². The number of benzene rings is 1. The highest BCUT2D eigenvalue weighted by Crippen LogP contribution is 2.31. The van der Waals surface area contributed by atoms with Gasteiger partial charge in [-0.25, -0.2) is 13.1 Å². The summed E-state index contributed by atoms with van der Waals surface area (Å²) in [4.78, 5) is 0.230. The Bertz CT molecular complexity index is 544. The molecule has 0 amide bonds. The third kappa shape index (κ3) is 3.54. The van der Waals surface area contributed by atoms with Gasteiger partial charge in [-0.2, -0.15) is 0 Å². The van der Waals surface area contributed by atoms with Gasteiger partial charge in [-0.3, -0.25) is 0 Å². The molecule has 0 spiro atoms. The molecule has 0 saturated heterocycles. The van der Waals surface area contributed by atoms with Crippen LogP contribution in [0.3, 0.4) is 0 Å². The average Bonchev–Trinajstić information content (AvgIpc) is 3.09. The van der Waals surface area contributed by atoms with E-state index >= 15 is 0 Å². The van der Waals surface area contributed by atoms with Crippen LogP contribution >= 0.6 is 31.9 Å². The van der Waals surface area contributed by atoms with E-state index in [4.69, 9.17) is 5.73 Å². The lowest BCUT2D eigenvalue weighted by Crippen LogP contribution is -2.38. The van der Waals surface area contributed by atoms with Gasteiger partial charge >= 0.3 is 0 Å². The second kappa shape index (κ2) is 5.58.